The Balaban J connectivity index is 2.19. The maximum Gasteiger partial charge on any atom is 0.340 e. The van der Waals surface area contributed by atoms with Gasteiger partial charge in [0, 0.05) is 18.5 Å². The highest BCUT2D eigenvalue weighted by atomic mass is 16.6. The molecule has 3 nitrogen and oxygen atoms in total. The van der Waals surface area contributed by atoms with Crippen LogP contribution in [0.1, 0.15) is 28.8 Å². The molecule has 2 aliphatic rings. The van der Waals surface area contributed by atoms with Crippen molar-refractivity contribution in [3.8, 4) is 0 Å². The summed E-state index contributed by atoms with van der Waals surface area (Å²) in [4.78, 5) is 13.9. The lowest BCUT2D eigenvalue weighted by Gasteiger charge is -2.30. The first kappa shape index (κ1) is 8.92. The fraction of sp³-hybridized carbons (Fsp3) is 0.417. The topological polar surface area (TPSA) is 29.5 Å². The third-order valence-corrected chi connectivity index (χ3v) is 3.46. The molecule has 0 amide bonds. The van der Waals surface area contributed by atoms with E-state index in [0.29, 0.717) is 0 Å². The highest BCUT2D eigenvalue weighted by Gasteiger charge is 2.50. The van der Waals surface area contributed by atoms with E-state index in [1.54, 1.807) is 0 Å². The molecule has 1 fully saturated rings. The van der Waals surface area contributed by atoms with Gasteiger partial charge in [0.1, 0.15) is 0 Å². The lowest BCUT2D eigenvalue weighted by Crippen LogP contribution is -2.38. The molecule has 1 saturated heterocycles. The minimum absolute atomic E-state index is 0.181. The van der Waals surface area contributed by atoms with E-state index in [1.165, 1.54) is 0 Å². The summed E-state index contributed by atoms with van der Waals surface area (Å²) in [5.74, 6) is -0.181. The quantitative estimate of drug-likeness (QED) is 0.601. The Morgan fingerprint density at radius 2 is 2.20 bits per heavy atom. The second-order valence-electron chi connectivity index (χ2n) is 4.24. The van der Waals surface area contributed by atoms with Gasteiger partial charge < -0.3 is 4.74 Å². The summed E-state index contributed by atoms with van der Waals surface area (Å²) in [6.45, 7) is 0.988. The lowest BCUT2D eigenvalue weighted by atomic mass is 9.98. The number of hydrogen-bond acceptors (Lipinski definition) is 3. The number of benzene rings is 1. The van der Waals surface area contributed by atoms with Gasteiger partial charge in [-0.3, -0.25) is 4.90 Å². The van der Waals surface area contributed by atoms with Crippen LogP contribution in [-0.4, -0.2) is 24.5 Å². The molecule has 2 aliphatic heterocycles. The molecular formula is C12H13NO2. The van der Waals surface area contributed by atoms with Gasteiger partial charge in [-0.05, 0) is 19.5 Å². The van der Waals surface area contributed by atoms with E-state index >= 15 is 0 Å². The maximum atomic E-state index is 11.7. The van der Waals surface area contributed by atoms with Gasteiger partial charge in [0.25, 0.3) is 0 Å². The molecule has 2 heterocycles. The molecule has 0 aromatic heterocycles. The van der Waals surface area contributed by atoms with Crippen LogP contribution in [0.15, 0.2) is 24.3 Å². The first-order chi connectivity index (χ1) is 7.24. The first-order valence-electron chi connectivity index (χ1n) is 5.28. The van der Waals surface area contributed by atoms with Gasteiger partial charge in [0.05, 0.1) is 5.56 Å². The van der Waals surface area contributed by atoms with E-state index in [0.717, 1.165) is 30.5 Å². The van der Waals surface area contributed by atoms with E-state index in [2.05, 4.69) is 4.90 Å². The predicted octanol–water partition coefficient (Wildman–Crippen LogP) is 1.74. The second-order valence-corrected chi connectivity index (χ2v) is 4.24. The molecular weight excluding hydrogens is 190 g/mol. The summed E-state index contributed by atoms with van der Waals surface area (Å²) in [6.07, 6.45) is 1.99. The molecule has 0 saturated carbocycles. The summed E-state index contributed by atoms with van der Waals surface area (Å²) < 4.78 is 5.58. The average molecular weight is 203 g/mol. The van der Waals surface area contributed by atoms with Crippen LogP contribution in [0.2, 0.25) is 0 Å². The third-order valence-electron chi connectivity index (χ3n) is 3.46. The largest absolute Gasteiger partial charge is 0.436 e. The zero-order valence-corrected chi connectivity index (χ0v) is 8.69. The summed E-state index contributed by atoms with van der Waals surface area (Å²) >= 11 is 0. The molecule has 1 spiro atoms. The van der Waals surface area contributed by atoms with E-state index in [-0.39, 0.29) is 5.97 Å². The second kappa shape index (κ2) is 2.83. The number of esters is 1. The molecule has 15 heavy (non-hydrogen) atoms. The predicted molar refractivity (Wildman–Crippen MR) is 55.4 cm³/mol. The molecule has 0 aliphatic carbocycles. The lowest BCUT2D eigenvalue weighted by molar-refractivity contribution is -0.0797. The molecule has 0 N–H and O–H groups in total. The van der Waals surface area contributed by atoms with E-state index in [4.69, 9.17) is 4.74 Å². The van der Waals surface area contributed by atoms with Crippen LogP contribution < -0.4 is 0 Å². The minimum Gasteiger partial charge on any atom is -0.436 e. The van der Waals surface area contributed by atoms with Crippen molar-refractivity contribution in [1.29, 1.82) is 0 Å². The molecule has 0 bridgehead atoms. The summed E-state index contributed by atoms with van der Waals surface area (Å²) in [5, 5.41) is 0. The van der Waals surface area contributed by atoms with Crippen molar-refractivity contribution in [3.63, 3.8) is 0 Å². The highest BCUT2D eigenvalue weighted by Crippen LogP contribution is 2.45. The number of nitrogens with zero attached hydrogens (tertiary/aromatic N) is 1. The first-order valence-corrected chi connectivity index (χ1v) is 5.28. The molecule has 3 heteroatoms. The molecule has 3 rings (SSSR count). The highest BCUT2D eigenvalue weighted by molar-refractivity contribution is 5.94. The Kier molecular flexibility index (Phi) is 1.68. The standard InChI is InChI=1S/C12H13NO2/c1-13-8-4-7-12(13)10-6-3-2-5-9(10)11(14)15-12/h2-3,5-6H,4,7-8H2,1H3/t12-/m1/s1. The van der Waals surface area contributed by atoms with Crippen molar-refractivity contribution in [1.82, 2.24) is 4.90 Å². The summed E-state index contributed by atoms with van der Waals surface area (Å²) in [5.41, 5.74) is 1.30. The van der Waals surface area contributed by atoms with Gasteiger partial charge in [0.2, 0.25) is 0 Å². The molecule has 0 radical (unpaired) electrons. The summed E-state index contributed by atoms with van der Waals surface area (Å²) in [7, 11) is 2.02. The fourth-order valence-electron chi connectivity index (χ4n) is 2.66. The van der Waals surface area contributed by atoms with Gasteiger partial charge >= 0.3 is 5.97 Å². The van der Waals surface area contributed by atoms with Gasteiger partial charge in [-0.1, -0.05) is 18.2 Å². The van der Waals surface area contributed by atoms with Gasteiger partial charge in [-0.2, -0.15) is 0 Å². The van der Waals surface area contributed by atoms with Gasteiger partial charge in [-0.15, -0.1) is 0 Å². The number of hydrogen-bond donors (Lipinski definition) is 0. The van der Waals surface area contributed by atoms with Crippen molar-refractivity contribution in [3.05, 3.63) is 35.4 Å². The minimum atomic E-state index is -0.465. The van der Waals surface area contributed by atoms with Crippen LogP contribution in [0.4, 0.5) is 0 Å². The normalized spacial score (nSPS) is 29.5. The molecule has 1 aromatic carbocycles. The molecule has 1 atom stereocenters. The van der Waals surface area contributed by atoms with Crippen LogP contribution in [-0.2, 0) is 10.5 Å². The Labute approximate surface area is 88.6 Å². The average Bonchev–Trinajstić information content (AvgIpc) is 2.74. The van der Waals surface area contributed by atoms with E-state index in [9.17, 15) is 4.79 Å². The molecule has 0 unspecified atom stereocenters. The number of fused-ring (bicyclic) bond motifs is 2. The molecule has 78 valence electrons. The zero-order chi connectivity index (χ0) is 10.5. The monoisotopic (exact) mass is 203 g/mol. The Hall–Kier alpha value is -1.35. The van der Waals surface area contributed by atoms with E-state index in [1.807, 2.05) is 31.3 Å². The fourth-order valence-corrected chi connectivity index (χ4v) is 2.66. The van der Waals surface area contributed by atoms with Gasteiger partial charge in [0.15, 0.2) is 5.72 Å². The van der Waals surface area contributed by atoms with Crippen molar-refractivity contribution in [2.45, 2.75) is 18.6 Å². The van der Waals surface area contributed by atoms with Crippen LogP contribution in [0, 0.1) is 0 Å². The van der Waals surface area contributed by atoms with Crippen molar-refractivity contribution >= 4 is 5.97 Å². The Morgan fingerprint density at radius 1 is 1.40 bits per heavy atom. The Morgan fingerprint density at radius 3 is 2.93 bits per heavy atom. The van der Waals surface area contributed by atoms with E-state index < -0.39 is 5.72 Å². The smallest absolute Gasteiger partial charge is 0.340 e. The van der Waals surface area contributed by atoms with Crippen molar-refractivity contribution < 1.29 is 9.53 Å². The maximum absolute atomic E-state index is 11.7. The van der Waals surface area contributed by atoms with Gasteiger partial charge in [-0.25, -0.2) is 4.79 Å². The number of ether oxygens (including phenoxy) is 1. The zero-order valence-electron chi connectivity index (χ0n) is 8.69. The van der Waals surface area contributed by atoms with Crippen molar-refractivity contribution in [2.24, 2.45) is 0 Å². The number of rotatable bonds is 0. The van der Waals surface area contributed by atoms with Crippen LogP contribution in [0.5, 0.6) is 0 Å². The molecule has 1 aromatic rings. The van der Waals surface area contributed by atoms with Crippen LogP contribution in [0.25, 0.3) is 0 Å². The number of carbonyl (C=O) groups is 1. The number of carbonyl (C=O) groups excluding carboxylic acids is 1. The Bertz CT molecular complexity index is 429. The van der Waals surface area contributed by atoms with Crippen LogP contribution >= 0.6 is 0 Å². The number of likely N-dealkylation sites (tertiary alicyclic amines) is 1. The summed E-state index contributed by atoms with van der Waals surface area (Å²) in [6, 6.07) is 7.70. The van der Waals surface area contributed by atoms with Crippen molar-refractivity contribution in [2.75, 3.05) is 13.6 Å². The SMILES string of the molecule is CN1CCC[C@]12OC(=O)c1ccccc12. The third kappa shape index (κ3) is 1.01. The van der Waals surface area contributed by atoms with Crippen LogP contribution in [0.3, 0.4) is 0 Å².